The Bertz CT molecular complexity index is 1300. The molecule has 180 valence electrons. The molecule has 1 aliphatic rings. The highest BCUT2D eigenvalue weighted by atomic mass is 16.3. The molecule has 6 nitrogen and oxygen atoms in total. The van der Waals surface area contributed by atoms with Crippen LogP contribution < -0.4 is 5.32 Å². The van der Waals surface area contributed by atoms with E-state index in [4.69, 9.17) is 4.42 Å². The third kappa shape index (κ3) is 5.02. The van der Waals surface area contributed by atoms with Crippen LogP contribution in [0.5, 0.6) is 0 Å². The average molecular weight is 470 g/mol. The summed E-state index contributed by atoms with van der Waals surface area (Å²) in [6, 6.07) is 18.8. The Morgan fingerprint density at radius 3 is 2.60 bits per heavy atom. The third-order valence-electron chi connectivity index (χ3n) is 6.99. The van der Waals surface area contributed by atoms with Crippen molar-refractivity contribution >= 4 is 22.7 Å². The predicted molar refractivity (Wildman–Crippen MR) is 136 cm³/mol. The fraction of sp³-hybridized carbons (Fsp3) is 0.310. The van der Waals surface area contributed by atoms with Gasteiger partial charge in [0.1, 0.15) is 11.8 Å². The first-order chi connectivity index (χ1) is 17.1. The Balaban J connectivity index is 1.52. The van der Waals surface area contributed by atoms with Gasteiger partial charge < -0.3 is 19.6 Å². The van der Waals surface area contributed by atoms with Crippen LogP contribution in [0.1, 0.15) is 54.2 Å². The summed E-state index contributed by atoms with van der Waals surface area (Å²) in [5.41, 5.74) is 3.71. The van der Waals surface area contributed by atoms with Gasteiger partial charge in [-0.15, -0.1) is 0 Å². The van der Waals surface area contributed by atoms with Gasteiger partial charge in [-0.05, 0) is 54.7 Å². The van der Waals surface area contributed by atoms with E-state index in [1.807, 2.05) is 67.7 Å². The van der Waals surface area contributed by atoms with Crippen LogP contribution >= 0.6 is 0 Å². The number of hydrogen-bond donors (Lipinski definition) is 2. The second-order valence-electron chi connectivity index (χ2n) is 9.39. The average Bonchev–Trinajstić information content (AvgIpc) is 3.63. The molecule has 1 saturated carbocycles. The number of aromatic amines is 1. The third-order valence-corrected chi connectivity index (χ3v) is 6.99. The van der Waals surface area contributed by atoms with E-state index in [1.54, 1.807) is 17.2 Å². The number of carbonyl (C=O) groups excluding carboxylic acids is 2. The highest BCUT2D eigenvalue weighted by molar-refractivity contribution is 5.92. The standard InChI is InChI=1S/C29H31N3O3/c1-20-9-2-5-13-24(20)28(29(34)31-22-10-3-4-11-22)32(19-23-12-8-16-35-23)27(33)17-21-18-30-26-15-7-6-14-25(21)26/h2,5-9,12-16,18,22,28,30H,3-4,10-11,17,19H2,1H3,(H,31,34)/t28-/m0/s1. The number of H-pyrrole nitrogens is 1. The van der Waals surface area contributed by atoms with Crippen molar-refractivity contribution in [3.05, 3.63) is 95.6 Å². The van der Waals surface area contributed by atoms with Gasteiger partial charge in [0.25, 0.3) is 0 Å². The number of aromatic nitrogens is 1. The smallest absolute Gasteiger partial charge is 0.247 e. The zero-order valence-electron chi connectivity index (χ0n) is 20.0. The number of aryl methyl sites for hydroxylation is 1. The first-order valence-electron chi connectivity index (χ1n) is 12.3. The summed E-state index contributed by atoms with van der Waals surface area (Å²) in [5, 5.41) is 4.25. The summed E-state index contributed by atoms with van der Waals surface area (Å²) < 4.78 is 5.62. The summed E-state index contributed by atoms with van der Waals surface area (Å²) in [5.74, 6) is 0.385. The maximum absolute atomic E-state index is 13.9. The minimum absolute atomic E-state index is 0.124. The molecule has 35 heavy (non-hydrogen) atoms. The summed E-state index contributed by atoms with van der Waals surface area (Å²) in [4.78, 5) is 32.7. The van der Waals surface area contributed by atoms with E-state index in [2.05, 4.69) is 10.3 Å². The van der Waals surface area contributed by atoms with Crippen molar-refractivity contribution in [1.29, 1.82) is 0 Å². The Kier molecular flexibility index (Phi) is 6.70. The van der Waals surface area contributed by atoms with Crippen molar-refractivity contribution < 1.29 is 14.0 Å². The molecule has 2 N–H and O–H groups in total. The van der Waals surface area contributed by atoms with Crippen LogP contribution in [0.25, 0.3) is 10.9 Å². The highest BCUT2D eigenvalue weighted by Gasteiger charge is 2.34. The number of nitrogens with one attached hydrogen (secondary N) is 2. The zero-order chi connectivity index (χ0) is 24.2. The van der Waals surface area contributed by atoms with Crippen LogP contribution in [-0.2, 0) is 22.6 Å². The SMILES string of the molecule is Cc1ccccc1[C@@H](C(=O)NC1CCCC1)N(Cc1ccco1)C(=O)Cc1c[nH]c2ccccc12. The van der Waals surface area contributed by atoms with E-state index in [0.29, 0.717) is 5.76 Å². The van der Waals surface area contributed by atoms with E-state index < -0.39 is 6.04 Å². The molecule has 5 rings (SSSR count). The van der Waals surface area contributed by atoms with Crippen molar-refractivity contribution in [2.45, 2.75) is 57.7 Å². The molecule has 1 aliphatic carbocycles. The topological polar surface area (TPSA) is 78.3 Å². The number of amides is 2. The van der Waals surface area contributed by atoms with Crippen LogP contribution in [-0.4, -0.2) is 27.7 Å². The van der Waals surface area contributed by atoms with E-state index in [9.17, 15) is 9.59 Å². The zero-order valence-corrected chi connectivity index (χ0v) is 20.0. The number of furan rings is 1. The lowest BCUT2D eigenvalue weighted by Crippen LogP contribution is -2.46. The maximum atomic E-state index is 13.9. The van der Waals surface area contributed by atoms with Gasteiger partial charge in [0.2, 0.25) is 11.8 Å². The summed E-state index contributed by atoms with van der Waals surface area (Å²) >= 11 is 0. The number of para-hydroxylation sites is 1. The number of rotatable bonds is 8. The molecule has 4 aromatic rings. The van der Waals surface area contributed by atoms with Crippen molar-refractivity contribution in [2.75, 3.05) is 0 Å². The number of hydrogen-bond acceptors (Lipinski definition) is 3. The van der Waals surface area contributed by atoms with Crippen molar-refractivity contribution in [2.24, 2.45) is 0 Å². The van der Waals surface area contributed by atoms with E-state index in [-0.39, 0.29) is 30.8 Å². The minimum Gasteiger partial charge on any atom is -0.467 e. The van der Waals surface area contributed by atoms with Crippen LogP contribution in [0, 0.1) is 6.92 Å². The number of fused-ring (bicyclic) bond motifs is 1. The van der Waals surface area contributed by atoms with Gasteiger partial charge in [0, 0.05) is 23.1 Å². The molecule has 0 bridgehead atoms. The van der Waals surface area contributed by atoms with Gasteiger partial charge in [-0.25, -0.2) is 0 Å². The minimum atomic E-state index is -0.750. The number of carbonyl (C=O) groups is 2. The molecule has 1 fully saturated rings. The molecule has 2 aromatic carbocycles. The molecule has 0 radical (unpaired) electrons. The fourth-order valence-electron chi connectivity index (χ4n) is 5.13. The molecular weight excluding hydrogens is 438 g/mol. The normalized spacial score (nSPS) is 14.8. The second-order valence-corrected chi connectivity index (χ2v) is 9.39. The Hall–Kier alpha value is -3.80. The van der Waals surface area contributed by atoms with Gasteiger partial charge in [-0.1, -0.05) is 55.3 Å². The maximum Gasteiger partial charge on any atom is 0.247 e. The second kappa shape index (κ2) is 10.2. The number of benzene rings is 2. The summed E-state index contributed by atoms with van der Waals surface area (Å²) in [6.45, 7) is 2.20. The van der Waals surface area contributed by atoms with Crippen LogP contribution in [0.2, 0.25) is 0 Å². The van der Waals surface area contributed by atoms with Crippen LogP contribution in [0.4, 0.5) is 0 Å². The molecule has 0 unspecified atom stereocenters. The van der Waals surface area contributed by atoms with E-state index in [1.165, 1.54) is 0 Å². The van der Waals surface area contributed by atoms with Crippen molar-refractivity contribution in [3.8, 4) is 0 Å². The molecule has 0 saturated heterocycles. The Morgan fingerprint density at radius 1 is 1.06 bits per heavy atom. The monoisotopic (exact) mass is 469 g/mol. The molecule has 2 aromatic heterocycles. The highest BCUT2D eigenvalue weighted by Crippen LogP contribution is 2.29. The van der Waals surface area contributed by atoms with Crippen molar-refractivity contribution in [3.63, 3.8) is 0 Å². The fourth-order valence-corrected chi connectivity index (χ4v) is 5.13. The molecule has 2 heterocycles. The van der Waals surface area contributed by atoms with Gasteiger partial charge in [0.05, 0.1) is 19.2 Å². The summed E-state index contributed by atoms with van der Waals surface area (Å²) in [6.07, 6.45) is 7.87. The van der Waals surface area contributed by atoms with E-state index >= 15 is 0 Å². The van der Waals surface area contributed by atoms with E-state index in [0.717, 1.165) is 53.3 Å². The molecule has 0 spiro atoms. The van der Waals surface area contributed by atoms with Crippen molar-refractivity contribution in [1.82, 2.24) is 15.2 Å². The lowest BCUT2D eigenvalue weighted by Gasteiger charge is -2.32. The molecule has 1 atom stereocenters. The van der Waals surface area contributed by atoms with Gasteiger partial charge in [0.15, 0.2) is 0 Å². The molecule has 6 heteroatoms. The molecule has 0 aliphatic heterocycles. The first kappa shape index (κ1) is 23.0. The number of nitrogens with zero attached hydrogens (tertiary/aromatic N) is 1. The van der Waals surface area contributed by atoms with Crippen LogP contribution in [0.15, 0.2) is 77.5 Å². The van der Waals surface area contributed by atoms with Gasteiger partial charge in [-0.3, -0.25) is 9.59 Å². The molecular formula is C29H31N3O3. The lowest BCUT2D eigenvalue weighted by molar-refractivity contribution is -0.141. The quantitative estimate of drug-likeness (QED) is 0.361. The van der Waals surface area contributed by atoms with Crippen LogP contribution in [0.3, 0.4) is 0 Å². The summed E-state index contributed by atoms with van der Waals surface area (Å²) in [7, 11) is 0. The molecule has 2 amide bonds. The van der Waals surface area contributed by atoms with Gasteiger partial charge in [-0.2, -0.15) is 0 Å². The Morgan fingerprint density at radius 2 is 1.83 bits per heavy atom. The lowest BCUT2D eigenvalue weighted by atomic mass is 9.97. The van der Waals surface area contributed by atoms with Gasteiger partial charge >= 0.3 is 0 Å². The predicted octanol–water partition coefficient (Wildman–Crippen LogP) is 5.44. The first-order valence-corrected chi connectivity index (χ1v) is 12.3. The largest absolute Gasteiger partial charge is 0.467 e. The Labute approximate surface area is 205 Å².